The van der Waals surface area contributed by atoms with Crippen molar-refractivity contribution in [1.82, 2.24) is 4.98 Å². The Hall–Kier alpha value is -2.33. The number of aliphatic hydroxyl groups is 1. The second-order valence-electron chi connectivity index (χ2n) is 4.89. The van der Waals surface area contributed by atoms with Crippen LogP contribution in [0.1, 0.15) is 17.2 Å². The number of rotatable bonds is 3. The molecule has 2 nitrogen and oxygen atoms in total. The van der Waals surface area contributed by atoms with Crippen molar-refractivity contribution >= 4 is 10.9 Å². The highest BCUT2D eigenvalue weighted by Crippen LogP contribution is 2.25. The van der Waals surface area contributed by atoms with E-state index in [4.69, 9.17) is 0 Å². The van der Waals surface area contributed by atoms with Gasteiger partial charge < -0.3 is 5.11 Å². The van der Waals surface area contributed by atoms with Gasteiger partial charge >= 0.3 is 0 Å². The molecule has 0 saturated carbocycles. The summed E-state index contributed by atoms with van der Waals surface area (Å²) in [5.74, 6) is -1.80. The van der Waals surface area contributed by atoms with E-state index in [9.17, 15) is 13.9 Å². The quantitative estimate of drug-likeness (QED) is 0.794. The molecule has 0 aliphatic rings. The van der Waals surface area contributed by atoms with E-state index >= 15 is 0 Å². The summed E-state index contributed by atoms with van der Waals surface area (Å²) in [6, 6.07) is 12.9. The van der Waals surface area contributed by atoms with E-state index in [0.29, 0.717) is 11.1 Å². The summed E-state index contributed by atoms with van der Waals surface area (Å²) >= 11 is 0. The summed E-state index contributed by atoms with van der Waals surface area (Å²) in [6.07, 6.45) is 1.04. The molecule has 0 amide bonds. The van der Waals surface area contributed by atoms with Crippen molar-refractivity contribution in [3.05, 3.63) is 77.5 Å². The first-order chi connectivity index (χ1) is 10.1. The molecule has 2 aromatic carbocycles. The van der Waals surface area contributed by atoms with Crippen LogP contribution in [0.4, 0.5) is 8.78 Å². The van der Waals surface area contributed by atoms with Crippen LogP contribution in [-0.4, -0.2) is 10.1 Å². The highest BCUT2D eigenvalue weighted by Gasteiger charge is 2.14. The topological polar surface area (TPSA) is 33.1 Å². The minimum Gasteiger partial charge on any atom is -0.388 e. The molecule has 1 heterocycles. The molecular weight excluding hydrogens is 272 g/mol. The lowest BCUT2D eigenvalue weighted by atomic mass is 9.99. The Morgan fingerprint density at radius 3 is 2.62 bits per heavy atom. The summed E-state index contributed by atoms with van der Waals surface area (Å²) in [5, 5.41) is 11.3. The van der Waals surface area contributed by atoms with Crippen LogP contribution in [0.5, 0.6) is 0 Å². The molecule has 1 N–H and O–H groups in total. The molecule has 3 aromatic rings. The van der Waals surface area contributed by atoms with E-state index in [-0.39, 0.29) is 6.42 Å². The van der Waals surface area contributed by atoms with Gasteiger partial charge in [-0.15, -0.1) is 0 Å². The van der Waals surface area contributed by atoms with Crippen molar-refractivity contribution in [3.63, 3.8) is 0 Å². The van der Waals surface area contributed by atoms with Gasteiger partial charge in [-0.1, -0.05) is 30.3 Å². The number of hydrogen-bond donors (Lipinski definition) is 1. The average Bonchev–Trinajstić information content (AvgIpc) is 2.50. The number of hydrogen-bond acceptors (Lipinski definition) is 2. The van der Waals surface area contributed by atoms with Gasteiger partial charge in [0.1, 0.15) is 0 Å². The number of halogens is 2. The zero-order valence-electron chi connectivity index (χ0n) is 11.1. The van der Waals surface area contributed by atoms with E-state index < -0.39 is 17.7 Å². The first-order valence-corrected chi connectivity index (χ1v) is 6.61. The fraction of sp³-hybridized carbons (Fsp3) is 0.118. The molecule has 0 spiro atoms. The van der Waals surface area contributed by atoms with Crippen molar-refractivity contribution < 1.29 is 13.9 Å². The van der Waals surface area contributed by atoms with Gasteiger partial charge in [0.2, 0.25) is 0 Å². The molecule has 3 rings (SSSR count). The van der Waals surface area contributed by atoms with Gasteiger partial charge in [-0.3, -0.25) is 4.98 Å². The van der Waals surface area contributed by atoms with Crippen LogP contribution < -0.4 is 0 Å². The van der Waals surface area contributed by atoms with Crippen LogP contribution in [0, 0.1) is 11.6 Å². The second-order valence-corrected chi connectivity index (χ2v) is 4.89. The predicted octanol–water partition coefficient (Wildman–Crippen LogP) is 3.79. The third kappa shape index (κ3) is 2.76. The number of nitrogens with zero attached hydrogens (tertiary/aromatic N) is 1. The lowest BCUT2D eigenvalue weighted by molar-refractivity contribution is 0.179. The summed E-state index contributed by atoms with van der Waals surface area (Å²) in [4.78, 5) is 4.28. The van der Waals surface area contributed by atoms with Crippen LogP contribution in [0.25, 0.3) is 10.9 Å². The Bertz CT molecular complexity index is 783. The minimum atomic E-state index is -0.907. The first-order valence-electron chi connectivity index (χ1n) is 6.61. The van der Waals surface area contributed by atoms with Crippen molar-refractivity contribution in [2.75, 3.05) is 0 Å². The molecular formula is C17H13F2NO. The lowest BCUT2D eigenvalue weighted by Gasteiger charge is -2.13. The molecule has 1 atom stereocenters. The third-order valence-corrected chi connectivity index (χ3v) is 3.44. The van der Waals surface area contributed by atoms with Gasteiger partial charge in [0.15, 0.2) is 11.6 Å². The minimum absolute atomic E-state index is 0.201. The summed E-state index contributed by atoms with van der Waals surface area (Å²) in [5.41, 5.74) is 1.93. The van der Waals surface area contributed by atoms with Crippen molar-refractivity contribution in [1.29, 1.82) is 0 Å². The molecule has 4 heteroatoms. The summed E-state index contributed by atoms with van der Waals surface area (Å²) in [7, 11) is 0. The van der Waals surface area contributed by atoms with E-state index in [2.05, 4.69) is 4.98 Å². The van der Waals surface area contributed by atoms with Crippen molar-refractivity contribution in [2.24, 2.45) is 0 Å². The molecule has 1 aromatic heterocycles. The average molecular weight is 285 g/mol. The number of pyridine rings is 1. The van der Waals surface area contributed by atoms with Crippen LogP contribution in [-0.2, 0) is 6.42 Å². The van der Waals surface area contributed by atoms with Crippen LogP contribution >= 0.6 is 0 Å². The Morgan fingerprint density at radius 2 is 1.81 bits per heavy atom. The molecule has 0 aliphatic heterocycles. The van der Waals surface area contributed by atoms with Gasteiger partial charge in [0, 0.05) is 23.6 Å². The maximum Gasteiger partial charge on any atom is 0.159 e. The van der Waals surface area contributed by atoms with E-state index in [1.807, 2.05) is 24.3 Å². The molecule has 0 bridgehead atoms. The highest BCUT2D eigenvalue weighted by atomic mass is 19.2. The Morgan fingerprint density at radius 1 is 1.00 bits per heavy atom. The highest BCUT2D eigenvalue weighted by molar-refractivity contribution is 5.81. The second kappa shape index (κ2) is 5.58. The van der Waals surface area contributed by atoms with Gasteiger partial charge in [0.25, 0.3) is 0 Å². The number of aromatic nitrogens is 1. The van der Waals surface area contributed by atoms with Crippen molar-refractivity contribution in [2.45, 2.75) is 12.5 Å². The molecule has 21 heavy (non-hydrogen) atoms. The van der Waals surface area contributed by atoms with Crippen LogP contribution in [0.15, 0.2) is 54.7 Å². The monoisotopic (exact) mass is 285 g/mol. The van der Waals surface area contributed by atoms with Gasteiger partial charge in [-0.25, -0.2) is 8.78 Å². The largest absolute Gasteiger partial charge is 0.388 e. The first kappa shape index (κ1) is 13.6. The smallest absolute Gasteiger partial charge is 0.159 e. The Labute approximate surface area is 120 Å². The standard InChI is InChI=1S/C17H13F2NO/c18-14-7-6-11(9-15(14)19)10-16(21)13-5-1-3-12-4-2-8-20-17(12)13/h1-9,16,21H,10H2. The van der Waals surface area contributed by atoms with E-state index in [1.165, 1.54) is 6.07 Å². The summed E-state index contributed by atoms with van der Waals surface area (Å²) in [6.45, 7) is 0. The van der Waals surface area contributed by atoms with Crippen LogP contribution in [0.2, 0.25) is 0 Å². The third-order valence-electron chi connectivity index (χ3n) is 3.44. The Balaban J connectivity index is 1.93. The Kier molecular flexibility index (Phi) is 3.62. The SMILES string of the molecule is OC(Cc1ccc(F)c(F)c1)c1cccc2cccnc12. The van der Waals surface area contributed by atoms with Gasteiger partial charge in [-0.2, -0.15) is 0 Å². The number of para-hydroxylation sites is 1. The molecule has 0 aliphatic carbocycles. The number of aliphatic hydroxyl groups excluding tert-OH is 1. The maximum atomic E-state index is 13.2. The normalized spacial score (nSPS) is 12.5. The van der Waals surface area contributed by atoms with E-state index in [0.717, 1.165) is 23.0 Å². The zero-order chi connectivity index (χ0) is 14.8. The molecule has 0 fully saturated rings. The molecule has 1 unspecified atom stereocenters. The predicted molar refractivity (Wildman–Crippen MR) is 76.8 cm³/mol. The van der Waals surface area contributed by atoms with Crippen molar-refractivity contribution in [3.8, 4) is 0 Å². The molecule has 0 saturated heterocycles. The molecule has 0 radical (unpaired) electrons. The zero-order valence-corrected chi connectivity index (χ0v) is 11.1. The lowest BCUT2D eigenvalue weighted by Crippen LogP contribution is -2.04. The maximum absolute atomic E-state index is 13.2. The number of fused-ring (bicyclic) bond motifs is 1. The fourth-order valence-corrected chi connectivity index (χ4v) is 2.40. The number of benzene rings is 2. The molecule has 106 valence electrons. The van der Waals surface area contributed by atoms with Gasteiger partial charge in [0.05, 0.1) is 11.6 Å². The van der Waals surface area contributed by atoms with Gasteiger partial charge in [-0.05, 0) is 23.8 Å². The fourth-order valence-electron chi connectivity index (χ4n) is 2.40. The van der Waals surface area contributed by atoms with Crippen LogP contribution in [0.3, 0.4) is 0 Å². The summed E-state index contributed by atoms with van der Waals surface area (Å²) < 4.78 is 26.1. The van der Waals surface area contributed by atoms with E-state index in [1.54, 1.807) is 12.3 Å².